The summed E-state index contributed by atoms with van der Waals surface area (Å²) in [4.78, 5) is 0. The molecule has 2 aromatic rings. The van der Waals surface area contributed by atoms with E-state index >= 15 is 0 Å². The molecule has 0 spiro atoms. The van der Waals surface area contributed by atoms with Crippen LogP contribution in [0.1, 0.15) is 24.0 Å². The van der Waals surface area contributed by atoms with Gasteiger partial charge in [-0.15, -0.1) is 0 Å². The monoisotopic (exact) mass is 383 g/mol. The summed E-state index contributed by atoms with van der Waals surface area (Å²) in [6, 6.07) is 19.5. The van der Waals surface area contributed by atoms with Crippen molar-refractivity contribution in [1.29, 1.82) is 15.8 Å². The van der Waals surface area contributed by atoms with Crippen molar-refractivity contribution in [3.05, 3.63) is 64.9 Å². The van der Waals surface area contributed by atoms with Gasteiger partial charge in [0.1, 0.15) is 29.7 Å². The zero-order chi connectivity index (χ0) is 20.6. The largest absolute Gasteiger partial charge is 0.495 e. The Morgan fingerprint density at radius 3 is 2.66 bits per heavy atom. The van der Waals surface area contributed by atoms with E-state index in [2.05, 4.69) is 16.7 Å². The number of ether oxygens (including phenoxy) is 1. The van der Waals surface area contributed by atoms with E-state index in [0.717, 1.165) is 42.7 Å². The van der Waals surface area contributed by atoms with Crippen LogP contribution in [-0.4, -0.2) is 13.2 Å². The molecular formula is C23H21N5O. The quantitative estimate of drug-likeness (QED) is 0.721. The molecule has 29 heavy (non-hydrogen) atoms. The molecule has 1 aliphatic rings. The normalized spacial score (nSPS) is 14.2. The van der Waals surface area contributed by atoms with Gasteiger partial charge in [-0.25, -0.2) is 0 Å². The third-order valence-electron chi connectivity index (χ3n) is 5.01. The number of hydrogen-bond acceptors (Lipinski definition) is 6. The van der Waals surface area contributed by atoms with Crippen molar-refractivity contribution in [2.45, 2.75) is 31.7 Å². The van der Waals surface area contributed by atoms with Crippen LogP contribution in [0.2, 0.25) is 0 Å². The van der Waals surface area contributed by atoms with E-state index < -0.39 is 0 Å². The van der Waals surface area contributed by atoms with Crippen molar-refractivity contribution in [1.82, 2.24) is 0 Å². The Balaban J connectivity index is 1.66. The fourth-order valence-electron chi connectivity index (χ4n) is 3.51. The summed E-state index contributed by atoms with van der Waals surface area (Å²) in [7, 11) is 1.69. The smallest absolute Gasteiger partial charge is 0.163 e. The molecule has 1 heterocycles. The number of allylic oxidation sites excluding steroid dienone is 2. The third kappa shape index (κ3) is 4.67. The lowest BCUT2D eigenvalue weighted by Gasteiger charge is -2.28. The Kier molecular flexibility index (Phi) is 6.36. The van der Waals surface area contributed by atoms with E-state index in [-0.39, 0.29) is 11.3 Å². The summed E-state index contributed by atoms with van der Waals surface area (Å²) in [6.07, 6.45) is 3.91. The summed E-state index contributed by atoms with van der Waals surface area (Å²) < 4.78 is 5.48. The maximum absolute atomic E-state index is 9.19. The predicted octanol–water partition coefficient (Wildman–Crippen LogP) is 4.29. The second-order valence-corrected chi connectivity index (χ2v) is 6.82. The minimum atomic E-state index is -0.225. The summed E-state index contributed by atoms with van der Waals surface area (Å²) in [6.45, 7) is 0. The van der Waals surface area contributed by atoms with Crippen LogP contribution in [0.4, 0.5) is 11.4 Å². The van der Waals surface area contributed by atoms with Crippen LogP contribution in [0.25, 0.3) is 0 Å². The summed E-state index contributed by atoms with van der Waals surface area (Å²) in [5, 5.41) is 33.6. The first-order valence-corrected chi connectivity index (χ1v) is 9.41. The fraction of sp³-hybridized carbons (Fsp3) is 0.261. The molecule has 0 bridgehead atoms. The zero-order valence-corrected chi connectivity index (χ0v) is 16.2. The van der Waals surface area contributed by atoms with Crippen molar-refractivity contribution in [3.8, 4) is 24.0 Å². The molecule has 0 fully saturated rings. The van der Waals surface area contributed by atoms with Gasteiger partial charge in [-0.05, 0) is 55.0 Å². The van der Waals surface area contributed by atoms with Gasteiger partial charge in [-0.3, -0.25) is 0 Å². The maximum Gasteiger partial charge on any atom is 0.163 e. The summed E-state index contributed by atoms with van der Waals surface area (Å²) in [5.74, 6) is 0.875. The lowest BCUT2D eigenvalue weighted by Crippen LogP contribution is -2.26. The van der Waals surface area contributed by atoms with Gasteiger partial charge in [0.15, 0.2) is 5.57 Å². The number of nitrogens with zero attached hydrogens (tertiary/aromatic N) is 3. The topological polar surface area (TPSA) is 105 Å². The number of rotatable bonds is 6. The number of benzene rings is 2. The van der Waals surface area contributed by atoms with Crippen LogP contribution in [0.15, 0.2) is 53.7 Å². The molecule has 6 nitrogen and oxygen atoms in total. The fourth-order valence-corrected chi connectivity index (χ4v) is 3.51. The van der Waals surface area contributed by atoms with Gasteiger partial charge in [0.2, 0.25) is 0 Å². The predicted molar refractivity (Wildman–Crippen MR) is 111 cm³/mol. The average molecular weight is 383 g/mol. The maximum atomic E-state index is 9.19. The molecule has 1 unspecified atom stereocenters. The highest BCUT2D eigenvalue weighted by Gasteiger charge is 2.20. The van der Waals surface area contributed by atoms with E-state index in [1.165, 1.54) is 5.56 Å². The molecule has 6 heteroatoms. The molecule has 1 aliphatic heterocycles. The first-order chi connectivity index (χ1) is 14.2. The Labute approximate surface area is 170 Å². The van der Waals surface area contributed by atoms with Gasteiger partial charge in [0.05, 0.1) is 12.8 Å². The Morgan fingerprint density at radius 2 is 1.93 bits per heavy atom. The van der Waals surface area contributed by atoms with Crippen molar-refractivity contribution in [3.63, 3.8) is 0 Å². The Bertz CT molecular complexity index is 1020. The van der Waals surface area contributed by atoms with Crippen LogP contribution in [0.3, 0.4) is 0 Å². The number of hydrogen-bond donors (Lipinski definition) is 2. The number of aryl methyl sites for hydroxylation is 2. The lowest BCUT2D eigenvalue weighted by molar-refractivity contribution is 0.413. The van der Waals surface area contributed by atoms with E-state index in [4.69, 9.17) is 15.3 Å². The Morgan fingerprint density at radius 1 is 1.14 bits per heavy atom. The van der Waals surface area contributed by atoms with Crippen LogP contribution >= 0.6 is 0 Å². The average Bonchev–Trinajstić information content (AvgIpc) is 2.77. The zero-order valence-electron chi connectivity index (χ0n) is 16.2. The molecular weight excluding hydrogens is 362 g/mol. The molecule has 0 radical (unpaired) electrons. The number of nitriles is 3. The minimum absolute atomic E-state index is 0.0372. The van der Waals surface area contributed by atoms with Crippen LogP contribution in [0, 0.1) is 34.0 Å². The van der Waals surface area contributed by atoms with Crippen molar-refractivity contribution >= 4 is 11.4 Å². The van der Waals surface area contributed by atoms with Gasteiger partial charge in [-0.1, -0.05) is 24.3 Å². The molecule has 2 aromatic carbocycles. The highest BCUT2D eigenvalue weighted by molar-refractivity contribution is 5.64. The molecule has 3 rings (SSSR count). The van der Waals surface area contributed by atoms with Crippen molar-refractivity contribution in [2.75, 3.05) is 17.7 Å². The van der Waals surface area contributed by atoms with Gasteiger partial charge in [0, 0.05) is 11.7 Å². The molecule has 0 saturated carbocycles. The highest BCUT2D eigenvalue weighted by Crippen LogP contribution is 2.34. The van der Waals surface area contributed by atoms with Gasteiger partial charge in [0.25, 0.3) is 0 Å². The number of fused-ring (bicyclic) bond motifs is 1. The standard InChI is InChI=1S/C23H21N5O/c1-29-22-7-3-5-17-9-11-19(28-23(17)22)10-8-16-4-2-6-20(12-16)27-21(15-26)18(13-24)14-25/h2-7,12,19,27-28H,8-11H2,1H3. The van der Waals surface area contributed by atoms with Gasteiger partial charge < -0.3 is 15.4 Å². The molecule has 1 atom stereocenters. The van der Waals surface area contributed by atoms with Crippen LogP contribution < -0.4 is 15.4 Å². The second-order valence-electron chi connectivity index (χ2n) is 6.82. The summed E-state index contributed by atoms with van der Waals surface area (Å²) >= 11 is 0. The lowest BCUT2D eigenvalue weighted by atomic mass is 9.93. The molecule has 0 saturated heterocycles. The molecule has 0 aliphatic carbocycles. The number of nitrogens with one attached hydrogen (secondary N) is 2. The number of anilines is 2. The SMILES string of the molecule is COc1cccc2c1NC(CCc1cccc(NC(C#N)=C(C#N)C#N)c1)CC2. The van der Waals surface area contributed by atoms with E-state index in [1.807, 2.05) is 42.5 Å². The third-order valence-corrected chi connectivity index (χ3v) is 5.01. The van der Waals surface area contributed by atoms with Crippen LogP contribution in [-0.2, 0) is 12.8 Å². The Hall–Kier alpha value is -3.95. The van der Waals surface area contributed by atoms with Crippen molar-refractivity contribution in [2.24, 2.45) is 0 Å². The molecule has 0 amide bonds. The second kappa shape index (κ2) is 9.31. The van der Waals surface area contributed by atoms with Crippen LogP contribution in [0.5, 0.6) is 5.75 Å². The minimum Gasteiger partial charge on any atom is -0.495 e. The summed E-state index contributed by atoms with van der Waals surface area (Å²) in [5.41, 5.74) is 3.92. The van der Waals surface area contributed by atoms with E-state index in [1.54, 1.807) is 19.2 Å². The first kappa shape index (κ1) is 19.8. The number of methoxy groups -OCH3 is 1. The first-order valence-electron chi connectivity index (χ1n) is 9.41. The van der Waals surface area contributed by atoms with Gasteiger partial charge >= 0.3 is 0 Å². The van der Waals surface area contributed by atoms with E-state index in [9.17, 15) is 5.26 Å². The number of para-hydroxylation sites is 1. The van der Waals surface area contributed by atoms with Gasteiger partial charge in [-0.2, -0.15) is 15.8 Å². The molecule has 144 valence electrons. The molecule has 2 N–H and O–H groups in total. The highest BCUT2D eigenvalue weighted by atomic mass is 16.5. The van der Waals surface area contributed by atoms with Crippen molar-refractivity contribution < 1.29 is 4.74 Å². The van der Waals surface area contributed by atoms with E-state index in [0.29, 0.717) is 11.7 Å². The molecule has 0 aromatic heterocycles.